The van der Waals surface area contributed by atoms with Crippen molar-refractivity contribution >= 4 is 15.7 Å². The number of nitrogens with one attached hydrogen (secondary N) is 2. The molecule has 7 heteroatoms. The normalized spacial score (nSPS) is 20.8. The molecule has 26 heavy (non-hydrogen) atoms. The van der Waals surface area contributed by atoms with Gasteiger partial charge in [0.25, 0.3) is 0 Å². The molecule has 0 bridgehead atoms. The molecule has 2 N–H and O–H groups in total. The van der Waals surface area contributed by atoms with Gasteiger partial charge in [-0.05, 0) is 68.9 Å². The summed E-state index contributed by atoms with van der Waals surface area (Å²) in [5.74, 6) is 0.324. The molecule has 0 spiro atoms. The summed E-state index contributed by atoms with van der Waals surface area (Å²) in [4.78, 5) is 0. The van der Waals surface area contributed by atoms with Crippen LogP contribution in [0.15, 0.2) is 42.7 Å². The minimum absolute atomic E-state index is 0.0470. The second-order valence-electron chi connectivity index (χ2n) is 6.91. The van der Waals surface area contributed by atoms with Gasteiger partial charge < -0.3 is 9.88 Å². The molecule has 0 aliphatic heterocycles. The number of halogens is 1. The predicted molar refractivity (Wildman–Crippen MR) is 103 cm³/mol. The van der Waals surface area contributed by atoms with Crippen LogP contribution in [-0.2, 0) is 10.0 Å². The molecule has 2 aromatic rings. The summed E-state index contributed by atoms with van der Waals surface area (Å²) in [7, 11) is -3.13. The van der Waals surface area contributed by atoms with E-state index in [1.54, 1.807) is 6.92 Å². The SMILES string of the molecule is CCS(=O)(=O)N[C@H]1CC[C@H](CNc2cc(F)cc(-n3cccc3)c2)CC1. The smallest absolute Gasteiger partial charge is 0.211 e. The minimum atomic E-state index is -3.13. The molecule has 1 aromatic carbocycles. The van der Waals surface area contributed by atoms with E-state index in [-0.39, 0.29) is 17.6 Å². The fourth-order valence-electron chi connectivity index (χ4n) is 3.42. The highest BCUT2D eigenvalue weighted by Crippen LogP contribution is 2.26. The monoisotopic (exact) mass is 379 g/mol. The lowest BCUT2D eigenvalue weighted by atomic mass is 9.86. The molecule has 0 unspecified atom stereocenters. The minimum Gasteiger partial charge on any atom is -0.385 e. The van der Waals surface area contributed by atoms with Gasteiger partial charge in [0.15, 0.2) is 0 Å². The zero-order chi connectivity index (χ0) is 18.6. The lowest BCUT2D eigenvalue weighted by molar-refractivity contribution is 0.324. The molecule has 1 aliphatic carbocycles. The van der Waals surface area contributed by atoms with E-state index < -0.39 is 10.0 Å². The Labute approximate surface area is 154 Å². The second kappa shape index (κ2) is 8.22. The fraction of sp³-hybridized carbons (Fsp3) is 0.474. The standard InChI is InChI=1S/C19H26FN3O2S/c1-2-26(24,25)22-17-7-5-15(6-8-17)14-21-18-11-16(20)12-19(13-18)23-9-3-4-10-23/h3-4,9-13,15,17,21-22H,2,5-8,14H2,1H3/t15-,17-. The molecular weight excluding hydrogens is 353 g/mol. The molecular formula is C19H26FN3O2S. The number of benzene rings is 1. The third-order valence-electron chi connectivity index (χ3n) is 4.95. The Morgan fingerprint density at radius 3 is 2.46 bits per heavy atom. The van der Waals surface area contributed by atoms with Crippen LogP contribution >= 0.6 is 0 Å². The van der Waals surface area contributed by atoms with Crippen molar-refractivity contribution in [3.8, 4) is 5.69 Å². The first-order chi connectivity index (χ1) is 12.4. The topological polar surface area (TPSA) is 63.1 Å². The summed E-state index contributed by atoms with van der Waals surface area (Å²) < 4.78 is 41.9. The lowest BCUT2D eigenvalue weighted by Gasteiger charge is -2.29. The molecule has 0 saturated heterocycles. The van der Waals surface area contributed by atoms with Crippen molar-refractivity contribution in [2.75, 3.05) is 17.6 Å². The Balaban J connectivity index is 1.53. The molecule has 0 amide bonds. The number of rotatable bonds is 7. The van der Waals surface area contributed by atoms with Crippen molar-refractivity contribution in [3.05, 3.63) is 48.5 Å². The Bertz CT molecular complexity index is 813. The number of hydrogen-bond donors (Lipinski definition) is 2. The van der Waals surface area contributed by atoms with E-state index in [1.165, 1.54) is 12.1 Å². The van der Waals surface area contributed by atoms with E-state index in [2.05, 4.69) is 10.0 Å². The Morgan fingerprint density at radius 2 is 1.81 bits per heavy atom. The van der Waals surface area contributed by atoms with E-state index in [9.17, 15) is 12.8 Å². The summed E-state index contributed by atoms with van der Waals surface area (Å²) >= 11 is 0. The highest BCUT2D eigenvalue weighted by Gasteiger charge is 2.24. The summed E-state index contributed by atoms with van der Waals surface area (Å²) in [6.07, 6.45) is 7.40. The average Bonchev–Trinajstić information content (AvgIpc) is 3.15. The summed E-state index contributed by atoms with van der Waals surface area (Å²) in [6.45, 7) is 2.42. The molecule has 142 valence electrons. The first kappa shape index (κ1) is 18.9. The molecule has 0 radical (unpaired) electrons. The number of hydrogen-bond acceptors (Lipinski definition) is 3. The molecule has 1 fully saturated rings. The third-order valence-corrected chi connectivity index (χ3v) is 6.41. The van der Waals surface area contributed by atoms with E-state index in [0.29, 0.717) is 5.92 Å². The summed E-state index contributed by atoms with van der Waals surface area (Å²) in [5, 5.41) is 3.34. The Hall–Kier alpha value is -1.86. The second-order valence-corrected chi connectivity index (χ2v) is 8.95. The van der Waals surface area contributed by atoms with Crippen LogP contribution in [0.5, 0.6) is 0 Å². The van der Waals surface area contributed by atoms with Crippen LogP contribution in [0.4, 0.5) is 10.1 Å². The van der Waals surface area contributed by atoms with Crippen LogP contribution in [0.1, 0.15) is 32.6 Å². The van der Waals surface area contributed by atoms with Crippen molar-refractivity contribution in [3.63, 3.8) is 0 Å². The highest BCUT2D eigenvalue weighted by molar-refractivity contribution is 7.89. The molecule has 5 nitrogen and oxygen atoms in total. The van der Waals surface area contributed by atoms with E-state index in [0.717, 1.165) is 43.6 Å². The summed E-state index contributed by atoms with van der Waals surface area (Å²) in [5.41, 5.74) is 1.55. The zero-order valence-corrected chi connectivity index (χ0v) is 15.8. The van der Waals surface area contributed by atoms with E-state index in [4.69, 9.17) is 0 Å². The fourth-order valence-corrected chi connectivity index (χ4v) is 4.33. The molecule has 1 saturated carbocycles. The van der Waals surface area contributed by atoms with Gasteiger partial charge in [0, 0.05) is 36.4 Å². The van der Waals surface area contributed by atoms with Gasteiger partial charge in [-0.15, -0.1) is 0 Å². The molecule has 0 atom stereocenters. The van der Waals surface area contributed by atoms with Crippen LogP contribution in [0, 0.1) is 11.7 Å². The number of anilines is 1. The number of nitrogens with zero attached hydrogens (tertiary/aromatic N) is 1. The maximum Gasteiger partial charge on any atom is 0.211 e. The quantitative estimate of drug-likeness (QED) is 0.774. The molecule has 1 heterocycles. The molecule has 3 rings (SSSR count). The van der Waals surface area contributed by atoms with E-state index >= 15 is 0 Å². The Morgan fingerprint density at radius 1 is 1.12 bits per heavy atom. The predicted octanol–water partition coefficient (Wildman–Crippen LogP) is 3.53. The van der Waals surface area contributed by atoms with Crippen molar-refractivity contribution in [2.45, 2.75) is 38.6 Å². The van der Waals surface area contributed by atoms with Crippen LogP contribution in [-0.4, -0.2) is 31.3 Å². The van der Waals surface area contributed by atoms with Gasteiger partial charge in [0.05, 0.1) is 5.75 Å². The van der Waals surface area contributed by atoms with Gasteiger partial charge in [-0.25, -0.2) is 17.5 Å². The van der Waals surface area contributed by atoms with Crippen molar-refractivity contribution < 1.29 is 12.8 Å². The van der Waals surface area contributed by atoms with Crippen molar-refractivity contribution in [1.29, 1.82) is 0 Å². The highest BCUT2D eigenvalue weighted by atomic mass is 32.2. The number of sulfonamides is 1. The van der Waals surface area contributed by atoms with Crippen LogP contribution in [0.2, 0.25) is 0 Å². The van der Waals surface area contributed by atoms with Crippen LogP contribution < -0.4 is 10.0 Å². The maximum absolute atomic E-state index is 13.9. The van der Waals surface area contributed by atoms with Gasteiger partial charge in [0.2, 0.25) is 10.0 Å². The average molecular weight is 380 g/mol. The first-order valence-electron chi connectivity index (χ1n) is 9.13. The van der Waals surface area contributed by atoms with Crippen molar-refractivity contribution in [1.82, 2.24) is 9.29 Å². The first-order valence-corrected chi connectivity index (χ1v) is 10.8. The maximum atomic E-state index is 13.9. The largest absolute Gasteiger partial charge is 0.385 e. The van der Waals surface area contributed by atoms with Crippen molar-refractivity contribution in [2.24, 2.45) is 5.92 Å². The van der Waals surface area contributed by atoms with Crippen LogP contribution in [0.25, 0.3) is 5.69 Å². The summed E-state index contributed by atoms with van der Waals surface area (Å²) in [6, 6.07) is 8.81. The molecule has 1 aliphatic rings. The third kappa shape index (κ3) is 5.08. The van der Waals surface area contributed by atoms with E-state index in [1.807, 2.05) is 35.2 Å². The zero-order valence-electron chi connectivity index (χ0n) is 15.0. The lowest BCUT2D eigenvalue weighted by Crippen LogP contribution is -2.39. The van der Waals surface area contributed by atoms with Gasteiger partial charge in [-0.2, -0.15) is 0 Å². The Kier molecular flexibility index (Phi) is 5.98. The van der Waals surface area contributed by atoms with Gasteiger partial charge in [-0.1, -0.05) is 0 Å². The number of aromatic nitrogens is 1. The van der Waals surface area contributed by atoms with Gasteiger partial charge in [-0.3, -0.25) is 0 Å². The van der Waals surface area contributed by atoms with Gasteiger partial charge in [0.1, 0.15) is 5.82 Å². The van der Waals surface area contributed by atoms with Gasteiger partial charge >= 0.3 is 0 Å². The molecule has 1 aromatic heterocycles. The van der Waals surface area contributed by atoms with Crippen LogP contribution in [0.3, 0.4) is 0 Å².